The van der Waals surface area contributed by atoms with E-state index in [1.54, 1.807) is 0 Å². The number of hydrogen-bond acceptors (Lipinski definition) is 0. The van der Waals surface area contributed by atoms with Crippen molar-refractivity contribution in [2.24, 2.45) is 0 Å². The molecular weight excluding hydrogens is 419 g/mol. The molecule has 0 spiro atoms. The molecule has 0 fully saturated rings. The SMILES string of the molecule is CC1=[C-]CC(C)=C1C.Cc1cc(C)n(-c2cc3ccccc3[cH-]2)c1.[F][Zr+2][F]. The van der Waals surface area contributed by atoms with E-state index in [2.05, 4.69) is 93.9 Å². The molecule has 1 aromatic heterocycles. The monoisotopic (exact) mass is 443 g/mol. The van der Waals surface area contributed by atoms with Crippen LogP contribution in [0.5, 0.6) is 0 Å². The molecule has 3 aromatic rings. The molecular formula is C23H25F2NZr. The first-order valence-electron chi connectivity index (χ1n) is 8.89. The van der Waals surface area contributed by atoms with E-state index in [0.29, 0.717) is 0 Å². The van der Waals surface area contributed by atoms with Crippen LogP contribution in [0.15, 0.2) is 65.4 Å². The summed E-state index contributed by atoms with van der Waals surface area (Å²) in [4.78, 5) is 0. The van der Waals surface area contributed by atoms with Crippen LogP contribution in [0.4, 0.5) is 5.25 Å². The van der Waals surface area contributed by atoms with Crippen molar-refractivity contribution in [2.45, 2.75) is 41.0 Å². The molecule has 1 heterocycles. The summed E-state index contributed by atoms with van der Waals surface area (Å²) in [6.07, 6.45) is 6.50. The molecule has 0 saturated carbocycles. The average Bonchev–Trinajstić information content (AvgIpc) is 3.29. The van der Waals surface area contributed by atoms with Crippen LogP contribution in [0, 0.1) is 19.9 Å². The van der Waals surface area contributed by atoms with Gasteiger partial charge in [-0.15, -0.1) is 54.4 Å². The third-order valence-electron chi connectivity index (χ3n) is 4.85. The van der Waals surface area contributed by atoms with Crippen molar-refractivity contribution in [3.8, 4) is 5.69 Å². The Kier molecular flexibility index (Phi) is 8.04. The molecule has 0 amide bonds. The van der Waals surface area contributed by atoms with E-state index < -0.39 is 24.5 Å². The molecule has 27 heavy (non-hydrogen) atoms. The van der Waals surface area contributed by atoms with Crippen molar-refractivity contribution in [2.75, 3.05) is 0 Å². The summed E-state index contributed by atoms with van der Waals surface area (Å²) < 4.78 is 21.8. The summed E-state index contributed by atoms with van der Waals surface area (Å²) in [5.41, 5.74) is 8.09. The van der Waals surface area contributed by atoms with Gasteiger partial charge in [-0.1, -0.05) is 19.9 Å². The molecule has 1 aliphatic carbocycles. The van der Waals surface area contributed by atoms with Crippen molar-refractivity contribution in [1.82, 2.24) is 4.57 Å². The second kappa shape index (κ2) is 10.0. The first-order chi connectivity index (χ1) is 12.9. The van der Waals surface area contributed by atoms with Gasteiger partial charge < -0.3 is 4.57 Å². The summed E-state index contributed by atoms with van der Waals surface area (Å²) in [5, 5.41) is 2.62. The fourth-order valence-corrected chi connectivity index (χ4v) is 3.14. The second-order valence-corrected chi connectivity index (χ2v) is 7.18. The summed E-state index contributed by atoms with van der Waals surface area (Å²) in [7, 11) is 0. The Bertz CT molecular complexity index is 921. The molecule has 4 rings (SSSR count). The Labute approximate surface area is 174 Å². The van der Waals surface area contributed by atoms with Gasteiger partial charge in [0.15, 0.2) is 0 Å². The molecule has 0 bridgehead atoms. The van der Waals surface area contributed by atoms with Crippen molar-refractivity contribution < 1.29 is 29.7 Å². The number of aromatic nitrogens is 1. The molecule has 0 saturated heterocycles. The van der Waals surface area contributed by atoms with E-state index in [1.807, 2.05) is 0 Å². The number of hydrogen-bond donors (Lipinski definition) is 0. The van der Waals surface area contributed by atoms with Crippen molar-refractivity contribution in [1.29, 1.82) is 0 Å². The van der Waals surface area contributed by atoms with Crippen LogP contribution >= 0.6 is 0 Å². The number of nitrogens with zero attached hydrogens (tertiary/aromatic N) is 1. The van der Waals surface area contributed by atoms with Gasteiger partial charge in [-0.05, 0) is 31.2 Å². The Morgan fingerprint density at radius 1 is 1.04 bits per heavy atom. The minimum atomic E-state index is -2.77. The molecule has 1 nitrogen and oxygen atoms in total. The zero-order chi connectivity index (χ0) is 20.0. The normalized spacial score (nSPS) is 12.8. The molecule has 4 heteroatoms. The molecule has 140 valence electrons. The molecule has 0 N–H and O–H groups in total. The Balaban J connectivity index is 0.000000200. The number of halogens is 2. The van der Waals surface area contributed by atoms with Gasteiger partial charge in [-0.2, -0.15) is 11.1 Å². The first-order valence-corrected chi connectivity index (χ1v) is 10.7. The topological polar surface area (TPSA) is 4.93 Å². The second-order valence-electron chi connectivity index (χ2n) is 6.83. The fourth-order valence-electron chi connectivity index (χ4n) is 3.14. The van der Waals surface area contributed by atoms with Crippen LogP contribution in [-0.2, 0) is 24.5 Å². The summed E-state index contributed by atoms with van der Waals surface area (Å²) in [6, 6.07) is 15.2. The van der Waals surface area contributed by atoms with Crippen molar-refractivity contribution >= 4 is 10.8 Å². The Hall–Kier alpha value is -1.67. The maximum absolute atomic E-state index is 9.80. The number of allylic oxidation sites excluding steroid dienone is 4. The van der Waals surface area contributed by atoms with Gasteiger partial charge in [0, 0.05) is 11.9 Å². The summed E-state index contributed by atoms with van der Waals surface area (Å²) in [5.74, 6) is 0. The van der Waals surface area contributed by atoms with E-state index in [1.165, 1.54) is 44.4 Å². The van der Waals surface area contributed by atoms with Gasteiger partial charge in [0.1, 0.15) is 0 Å². The van der Waals surface area contributed by atoms with Gasteiger partial charge in [0.25, 0.3) is 0 Å². The molecule has 0 unspecified atom stereocenters. The van der Waals surface area contributed by atoms with Gasteiger partial charge in [-0.25, -0.2) is 5.57 Å². The molecule has 0 atom stereocenters. The van der Waals surface area contributed by atoms with E-state index in [9.17, 15) is 5.25 Å². The number of aryl methyl sites for hydroxylation is 2. The van der Waals surface area contributed by atoms with Crippen LogP contribution in [0.25, 0.3) is 16.5 Å². The quantitative estimate of drug-likeness (QED) is 0.348. The van der Waals surface area contributed by atoms with Gasteiger partial charge in [-0.3, -0.25) is 6.08 Å². The van der Waals surface area contributed by atoms with Crippen LogP contribution < -0.4 is 0 Å². The summed E-state index contributed by atoms with van der Waals surface area (Å²) >= 11 is -2.77. The van der Waals surface area contributed by atoms with E-state index in [0.717, 1.165) is 6.42 Å². The molecule has 0 radical (unpaired) electrons. The van der Waals surface area contributed by atoms with E-state index in [4.69, 9.17) is 0 Å². The number of benzene rings is 1. The predicted molar refractivity (Wildman–Crippen MR) is 106 cm³/mol. The van der Waals surface area contributed by atoms with Gasteiger partial charge >= 0.3 is 29.7 Å². The van der Waals surface area contributed by atoms with Crippen molar-refractivity contribution in [3.63, 3.8) is 0 Å². The van der Waals surface area contributed by atoms with Crippen molar-refractivity contribution in [3.05, 3.63) is 82.7 Å². The zero-order valence-electron chi connectivity index (χ0n) is 16.5. The Morgan fingerprint density at radius 3 is 2.15 bits per heavy atom. The number of fused-ring (bicyclic) bond motifs is 1. The Morgan fingerprint density at radius 2 is 1.70 bits per heavy atom. The van der Waals surface area contributed by atoms with Crippen LogP contribution in [0.3, 0.4) is 0 Å². The molecule has 2 aromatic carbocycles. The third-order valence-corrected chi connectivity index (χ3v) is 4.85. The molecule has 1 aliphatic rings. The van der Waals surface area contributed by atoms with E-state index in [-0.39, 0.29) is 0 Å². The molecule has 0 aliphatic heterocycles. The third kappa shape index (κ3) is 5.65. The standard InChI is InChI=1S/C15H14N.C8H11.2FH.Zr/c1-11-7-12(2)16(10-11)15-8-13-5-3-4-6-14(13)9-15;1-6-4-5-7(2)8(6)3;;;/h3-10H,1-2H3;4H2,1-3H3;2*1H;/q2*-1;;;+4/p-2. The van der Waals surface area contributed by atoms with Crippen LogP contribution in [0.2, 0.25) is 0 Å². The van der Waals surface area contributed by atoms with Gasteiger partial charge in [0.05, 0.1) is 0 Å². The van der Waals surface area contributed by atoms with Crippen LogP contribution in [0.1, 0.15) is 38.4 Å². The summed E-state index contributed by atoms with van der Waals surface area (Å²) in [6.45, 7) is 10.7. The fraction of sp³-hybridized carbons (Fsp3) is 0.261. The predicted octanol–water partition coefficient (Wildman–Crippen LogP) is 7.28. The maximum atomic E-state index is 9.80. The van der Waals surface area contributed by atoms with E-state index >= 15 is 0 Å². The minimum absolute atomic E-state index is 1.05. The van der Waals surface area contributed by atoms with Gasteiger partial charge in [0.2, 0.25) is 0 Å². The zero-order valence-corrected chi connectivity index (χ0v) is 19.0. The van der Waals surface area contributed by atoms with Crippen LogP contribution in [-0.4, -0.2) is 4.57 Å². The average molecular weight is 445 g/mol. The first kappa shape index (κ1) is 21.6. The number of rotatable bonds is 1.